The first-order chi connectivity index (χ1) is 7.59. The second kappa shape index (κ2) is 7.05. The van der Waals surface area contributed by atoms with Crippen molar-refractivity contribution in [2.45, 2.75) is 32.9 Å². The highest BCUT2D eigenvalue weighted by Crippen LogP contribution is 2.15. The van der Waals surface area contributed by atoms with Gasteiger partial charge in [-0.1, -0.05) is 41.9 Å². The van der Waals surface area contributed by atoms with Crippen molar-refractivity contribution in [2.75, 3.05) is 13.1 Å². The molecule has 3 heteroatoms. The van der Waals surface area contributed by atoms with E-state index in [9.17, 15) is 0 Å². The van der Waals surface area contributed by atoms with E-state index in [0.29, 0.717) is 12.1 Å². The average molecular weight is 285 g/mol. The molecular weight excluding hydrogens is 264 g/mol. The topological polar surface area (TPSA) is 24.1 Å². The number of hydrogen-bond donors (Lipinski definition) is 2. The molecule has 2 N–H and O–H groups in total. The molecule has 90 valence electrons. The molecule has 1 rings (SSSR count). The number of benzene rings is 1. The average Bonchev–Trinajstić information content (AvgIpc) is 2.25. The Morgan fingerprint density at radius 3 is 2.12 bits per heavy atom. The number of nitrogens with one attached hydrogen (secondary N) is 2. The SMILES string of the molecule is CC(C)NCCNC(C)c1ccc(Br)cc1. The van der Waals surface area contributed by atoms with Gasteiger partial charge in [-0.25, -0.2) is 0 Å². The summed E-state index contributed by atoms with van der Waals surface area (Å²) < 4.78 is 1.13. The number of halogens is 1. The summed E-state index contributed by atoms with van der Waals surface area (Å²) in [6.45, 7) is 8.53. The molecule has 0 aliphatic heterocycles. The van der Waals surface area contributed by atoms with Gasteiger partial charge in [0.25, 0.3) is 0 Å². The summed E-state index contributed by atoms with van der Waals surface area (Å²) in [4.78, 5) is 0. The van der Waals surface area contributed by atoms with Crippen molar-refractivity contribution in [2.24, 2.45) is 0 Å². The van der Waals surface area contributed by atoms with E-state index in [2.05, 4.69) is 71.6 Å². The van der Waals surface area contributed by atoms with Crippen molar-refractivity contribution in [3.63, 3.8) is 0 Å². The fourth-order valence-corrected chi connectivity index (χ4v) is 1.78. The van der Waals surface area contributed by atoms with Gasteiger partial charge in [-0.2, -0.15) is 0 Å². The summed E-state index contributed by atoms with van der Waals surface area (Å²) in [6.07, 6.45) is 0. The molecule has 0 saturated carbocycles. The molecule has 0 saturated heterocycles. The van der Waals surface area contributed by atoms with Gasteiger partial charge in [-0.15, -0.1) is 0 Å². The van der Waals surface area contributed by atoms with Crippen LogP contribution < -0.4 is 10.6 Å². The third-order valence-electron chi connectivity index (χ3n) is 2.50. The van der Waals surface area contributed by atoms with Gasteiger partial charge in [0.2, 0.25) is 0 Å². The highest BCUT2D eigenvalue weighted by molar-refractivity contribution is 9.10. The molecule has 0 fully saturated rings. The van der Waals surface area contributed by atoms with Crippen LogP contribution in [0.5, 0.6) is 0 Å². The van der Waals surface area contributed by atoms with Gasteiger partial charge >= 0.3 is 0 Å². The van der Waals surface area contributed by atoms with E-state index in [-0.39, 0.29) is 0 Å². The lowest BCUT2D eigenvalue weighted by Crippen LogP contribution is -2.32. The summed E-state index contributed by atoms with van der Waals surface area (Å²) in [5.74, 6) is 0. The Bertz CT molecular complexity index is 295. The summed E-state index contributed by atoms with van der Waals surface area (Å²) in [5.41, 5.74) is 1.33. The second-order valence-corrected chi connectivity index (χ2v) is 5.25. The minimum atomic E-state index is 0.405. The van der Waals surface area contributed by atoms with Gasteiger partial charge in [0.05, 0.1) is 0 Å². The Morgan fingerprint density at radius 1 is 1.00 bits per heavy atom. The van der Waals surface area contributed by atoms with Crippen molar-refractivity contribution < 1.29 is 0 Å². The predicted molar refractivity (Wildman–Crippen MR) is 73.7 cm³/mol. The summed E-state index contributed by atoms with van der Waals surface area (Å²) in [5, 5.41) is 6.89. The first-order valence-electron chi connectivity index (χ1n) is 5.82. The van der Waals surface area contributed by atoms with Crippen LogP contribution in [0.2, 0.25) is 0 Å². The molecule has 1 aromatic carbocycles. The molecule has 0 aliphatic rings. The van der Waals surface area contributed by atoms with E-state index in [0.717, 1.165) is 17.6 Å². The molecule has 0 spiro atoms. The van der Waals surface area contributed by atoms with Gasteiger partial charge in [0.15, 0.2) is 0 Å². The fourth-order valence-electron chi connectivity index (χ4n) is 1.52. The van der Waals surface area contributed by atoms with Crippen LogP contribution in [-0.4, -0.2) is 19.1 Å². The highest BCUT2D eigenvalue weighted by atomic mass is 79.9. The largest absolute Gasteiger partial charge is 0.313 e. The maximum absolute atomic E-state index is 3.50. The third kappa shape index (κ3) is 5.10. The zero-order chi connectivity index (χ0) is 12.0. The van der Waals surface area contributed by atoms with E-state index in [1.165, 1.54) is 5.56 Å². The van der Waals surface area contributed by atoms with Crippen molar-refractivity contribution in [3.05, 3.63) is 34.3 Å². The fraction of sp³-hybridized carbons (Fsp3) is 0.538. The van der Waals surface area contributed by atoms with E-state index < -0.39 is 0 Å². The van der Waals surface area contributed by atoms with E-state index in [4.69, 9.17) is 0 Å². The van der Waals surface area contributed by atoms with E-state index in [1.54, 1.807) is 0 Å². The van der Waals surface area contributed by atoms with Crippen LogP contribution in [-0.2, 0) is 0 Å². The molecule has 2 nitrogen and oxygen atoms in total. The second-order valence-electron chi connectivity index (χ2n) is 4.34. The lowest BCUT2D eigenvalue weighted by atomic mass is 10.1. The maximum atomic E-state index is 3.50. The van der Waals surface area contributed by atoms with Crippen molar-refractivity contribution in [1.82, 2.24) is 10.6 Å². The first kappa shape index (κ1) is 13.7. The Hall–Kier alpha value is -0.380. The summed E-state index contributed by atoms with van der Waals surface area (Å²) in [6, 6.07) is 9.43. The number of hydrogen-bond acceptors (Lipinski definition) is 2. The zero-order valence-corrected chi connectivity index (χ0v) is 11.8. The molecular formula is C13H21BrN2. The highest BCUT2D eigenvalue weighted by Gasteiger charge is 2.03. The molecule has 1 aromatic rings. The molecule has 1 atom stereocenters. The normalized spacial score (nSPS) is 13.1. The zero-order valence-electron chi connectivity index (χ0n) is 10.3. The molecule has 0 heterocycles. The summed E-state index contributed by atoms with van der Waals surface area (Å²) in [7, 11) is 0. The van der Waals surface area contributed by atoms with Crippen LogP contribution in [0.3, 0.4) is 0 Å². The smallest absolute Gasteiger partial charge is 0.0292 e. The van der Waals surface area contributed by atoms with Crippen LogP contribution in [0.15, 0.2) is 28.7 Å². The molecule has 0 bridgehead atoms. The Balaban J connectivity index is 2.29. The van der Waals surface area contributed by atoms with Gasteiger partial charge < -0.3 is 10.6 Å². The molecule has 0 amide bonds. The first-order valence-corrected chi connectivity index (χ1v) is 6.61. The molecule has 0 radical (unpaired) electrons. The van der Waals surface area contributed by atoms with E-state index in [1.807, 2.05) is 0 Å². The minimum Gasteiger partial charge on any atom is -0.313 e. The Morgan fingerprint density at radius 2 is 1.56 bits per heavy atom. The molecule has 1 unspecified atom stereocenters. The van der Waals surface area contributed by atoms with Crippen LogP contribution >= 0.6 is 15.9 Å². The van der Waals surface area contributed by atoms with Gasteiger partial charge in [0, 0.05) is 29.6 Å². The number of rotatable bonds is 6. The van der Waals surface area contributed by atoms with Gasteiger partial charge in [-0.3, -0.25) is 0 Å². The Kier molecular flexibility index (Phi) is 6.03. The molecule has 0 aromatic heterocycles. The molecule has 0 aliphatic carbocycles. The van der Waals surface area contributed by atoms with Gasteiger partial charge in [-0.05, 0) is 24.6 Å². The van der Waals surface area contributed by atoms with E-state index >= 15 is 0 Å². The lowest BCUT2D eigenvalue weighted by molar-refractivity contribution is 0.518. The standard InChI is InChI=1S/C13H21BrN2/c1-10(2)15-8-9-16-11(3)12-4-6-13(14)7-5-12/h4-7,10-11,15-16H,8-9H2,1-3H3. The van der Waals surface area contributed by atoms with Crippen LogP contribution in [0.1, 0.15) is 32.4 Å². The Labute approximate surface area is 107 Å². The third-order valence-corrected chi connectivity index (χ3v) is 3.03. The predicted octanol–water partition coefficient (Wildman–Crippen LogP) is 3.10. The van der Waals surface area contributed by atoms with Crippen LogP contribution in [0.25, 0.3) is 0 Å². The van der Waals surface area contributed by atoms with Crippen LogP contribution in [0, 0.1) is 0 Å². The van der Waals surface area contributed by atoms with Crippen molar-refractivity contribution in [3.8, 4) is 0 Å². The van der Waals surface area contributed by atoms with Gasteiger partial charge in [0.1, 0.15) is 0 Å². The maximum Gasteiger partial charge on any atom is 0.0292 e. The quantitative estimate of drug-likeness (QED) is 0.785. The van der Waals surface area contributed by atoms with Crippen molar-refractivity contribution in [1.29, 1.82) is 0 Å². The van der Waals surface area contributed by atoms with Crippen molar-refractivity contribution >= 4 is 15.9 Å². The summed E-state index contributed by atoms with van der Waals surface area (Å²) >= 11 is 3.44. The monoisotopic (exact) mass is 284 g/mol. The lowest BCUT2D eigenvalue weighted by Gasteiger charge is -2.15. The molecule has 16 heavy (non-hydrogen) atoms. The minimum absolute atomic E-state index is 0.405. The van der Waals surface area contributed by atoms with Crippen LogP contribution in [0.4, 0.5) is 0 Å².